The van der Waals surface area contributed by atoms with Crippen molar-refractivity contribution in [1.29, 1.82) is 0 Å². The third-order valence-corrected chi connectivity index (χ3v) is 0.867. The van der Waals surface area contributed by atoms with Gasteiger partial charge in [-0.1, -0.05) is 0 Å². The zero-order chi connectivity index (χ0) is 5.28. The number of carboxylic acid groups (broad SMARTS) is 1. The number of nitrogens with one attached hydrogen (secondary N) is 2. The minimum atomic E-state index is -1.04. The average Bonchev–Trinajstić information content (AvgIpc) is 1.23. The Balaban J connectivity index is 0.000000490. The summed E-state index contributed by atoms with van der Waals surface area (Å²) >= 11 is 0. The topological polar surface area (TPSA) is 64.2 Å². The Hall–Kier alpha value is 1.03. The molecule has 1 saturated heterocycles. The predicted octanol–water partition coefficient (Wildman–Crippen LogP) is -5.78. The molecule has 0 amide bonds. The molecule has 0 aromatic rings. The molecule has 1 rings (SSSR count). The van der Waals surface area contributed by atoms with Gasteiger partial charge in [0.2, 0.25) is 0 Å². The minimum absolute atomic E-state index is 0. The second-order valence-electron chi connectivity index (χ2n) is 1.40. The Kier molecular flexibility index (Phi) is 4.45. The Morgan fingerprint density at radius 2 is 2.25 bits per heavy atom. The quantitative estimate of drug-likeness (QED) is 0.356. The largest absolute Gasteiger partial charge is 1.00 e. The molecule has 0 saturated carbocycles. The van der Waals surface area contributed by atoms with Crippen molar-refractivity contribution in [3.05, 3.63) is 0 Å². The summed E-state index contributed by atoms with van der Waals surface area (Å²) in [5.41, 5.74) is 5.00. The van der Waals surface area contributed by atoms with Crippen LogP contribution in [0.4, 0.5) is 0 Å². The first-order valence-corrected chi connectivity index (χ1v) is 2.00. The Morgan fingerprint density at radius 1 is 1.75 bits per heavy atom. The molecule has 0 aliphatic carbocycles. The van der Waals surface area contributed by atoms with E-state index < -0.39 is 12.0 Å². The maximum absolute atomic E-state index is 9.77. The van der Waals surface area contributed by atoms with Crippen molar-refractivity contribution < 1.29 is 61.3 Å². The summed E-state index contributed by atoms with van der Waals surface area (Å²) < 4.78 is 0. The number of hydrazine groups is 1. The van der Waals surface area contributed by atoms with Crippen molar-refractivity contribution in [2.24, 2.45) is 0 Å². The van der Waals surface area contributed by atoms with Crippen LogP contribution in [0.25, 0.3) is 0 Å². The third-order valence-electron chi connectivity index (χ3n) is 0.867. The smallest absolute Gasteiger partial charge is 0.548 e. The summed E-state index contributed by atoms with van der Waals surface area (Å²) in [6.07, 6.45) is 0. The van der Waals surface area contributed by atoms with Gasteiger partial charge in [0.15, 0.2) is 0 Å². The maximum Gasteiger partial charge on any atom is 1.00 e. The molecule has 1 aliphatic heterocycles. The van der Waals surface area contributed by atoms with Gasteiger partial charge < -0.3 is 9.90 Å². The molecule has 2 N–H and O–H groups in total. The molecule has 4 nitrogen and oxygen atoms in total. The van der Waals surface area contributed by atoms with Gasteiger partial charge in [-0.25, -0.2) is 5.43 Å². The first kappa shape index (κ1) is 9.03. The fourth-order valence-corrected chi connectivity index (χ4v) is 0.346. The number of hydrogen-bond donors (Lipinski definition) is 2. The molecular formula is C3H5KN2O2. The predicted molar refractivity (Wildman–Crippen MR) is 19.9 cm³/mol. The van der Waals surface area contributed by atoms with Crippen LogP contribution in [0.2, 0.25) is 0 Å². The van der Waals surface area contributed by atoms with E-state index in [1.165, 1.54) is 0 Å². The molecule has 0 aromatic heterocycles. The first-order chi connectivity index (χ1) is 3.30. The summed E-state index contributed by atoms with van der Waals surface area (Å²) in [4.78, 5) is 9.77. The van der Waals surface area contributed by atoms with Crippen molar-refractivity contribution in [3.63, 3.8) is 0 Å². The molecule has 5 heteroatoms. The minimum Gasteiger partial charge on any atom is -0.548 e. The van der Waals surface area contributed by atoms with Crippen molar-refractivity contribution >= 4 is 5.97 Å². The van der Waals surface area contributed by atoms with Crippen LogP contribution >= 0.6 is 0 Å². The number of carbonyl (C=O) groups excluding carboxylic acids is 1. The van der Waals surface area contributed by atoms with E-state index >= 15 is 0 Å². The normalized spacial score (nSPS) is 25.2. The molecule has 0 bridgehead atoms. The van der Waals surface area contributed by atoms with Crippen molar-refractivity contribution in [3.8, 4) is 0 Å². The monoisotopic (exact) mass is 140 g/mol. The van der Waals surface area contributed by atoms with Crippen LogP contribution < -0.4 is 67.3 Å². The van der Waals surface area contributed by atoms with E-state index in [0.29, 0.717) is 6.54 Å². The van der Waals surface area contributed by atoms with Gasteiger partial charge in [-0.15, -0.1) is 0 Å². The van der Waals surface area contributed by atoms with E-state index in [1.807, 2.05) is 0 Å². The number of carbonyl (C=O) groups is 1. The first-order valence-electron chi connectivity index (χ1n) is 2.00. The van der Waals surface area contributed by atoms with Crippen LogP contribution in [0.15, 0.2) is 0 Å². The molecule has 0 spiro atoms. The van der Waals surface area contributed by atoms with Crippen molar-refractivity contribution in [2.75, 3.05) is 6.54 Å². The van der Waals surface area contributed by atoms with Gasteiger partial charge in [-0.2, -0.15) is 0 Å². The number of hydrogen-bond acceptors (Lipinski definition) is 4. The molecule has 0 radical (unpaired) electrons. The number of rotatable bonds is 1. The van der Waals surface area contributed by atoms with E-state index in [1.54, 1.807) is 0 Å². The van der Waals surface area contributed by atoms with E-state index in [9.17, 15) is 9.90 Å². The molecule has 1 atom stereocenters. The van der Waals surface area contributed by atoms with Crippen LogP contribution in [0.5, 0.6) is 0 Å². The van der Waals surface area contributed by atoms with E-state index in [2.05, 4.69) is 10.9 Å². The summed E-state index contributed by atoms with van der Waals surface area (Å²) in [5.74, 6) is -1.04. The molecule has 1 heterocycles. The standard InChI is InChI=1S/C3H6N2O2.K/c6-3(7)2-1-4-5-2;/h2,4-5H,1H2,(H,6,7);/q;+1/p-1. The SMILES string of the molecule is O=C([O-])C1CNN1.[K+]. The summed E-state index contributed by atoms with van der Waals surface area (Å²) in [7, 11) is 0. The zero-order valence-electron chi connectivity index (χ0n) is 4.60. The molecule has 0 aromatic carbocycles. The molecule has 40 valence electrons. The van der Waals surface area contributed by atoms with Crippen LogP contribution in [0, 0.1) is 0 Å². The van der Waals surface area contributed by atoms with Crippen LogP contribution in [-0.4, -0.2) is 18.6 Å². The summed E-state index contributed by atoms with van der Waals surface area (Å²) in [6.45, 7) is 0.475. The number of carboxylic acids is 1. The average molecular weight is 140 g/mol. The fraction of sp³-hybridized carbons (Fsp3) is 0.667. The van der Waals surface area contributed by atoms with Gasteiger partial charge in [0.1, 0.15) is 0 Å². The zero-order valence-corrected chi connectivity index (χ0v) is 7.72. The van der Waals surface area contributed by atoms with E-state index in [0.717, 1.165) is 0 Å². The second kappa shape index (κ2) is 3.94. The van der Waals surface area contributed by atoms with Gasteiger partial charge in [0, 0.05) is 6.54 Å². The third kappa shape index (κ3) is 2.10. The van der Waals surface area contributed by atoms with Gasteiger partial charge in [-0.3, -0.25) is 5.43 Å². The van der Waals surface area contributed by atoms with Crippen LogP contribution in [0.3, 0.4) is 0 Å². The van der Waals surface area contributed by atoms with Crippen molar-refractivity contribution in [2.45, 2.75) is 6.04 Å². The van der Waals surface area contributed by atoms with Gasteiger partial charge >= 0.3 is 51.4 Å². The molecular weight excluding hydrogens is 135 g/mol. The Bertz CT molecular complexity index is 93.3. The maximum atomic E-state index is 9.77. The Labute approximate surface area is 89.4 Å². The van der Waals surface area contributed by atoms with Crippen LogP contribution in [0.1, 0.15) is 0 Å². The van der Waals surface area contributed by atoms with Gasteiger partial charge in [-0.05, 0) is 0 Å². The van der Waals surface area contributed by atoms with Crippen LogP contribution in [-0.2, 0) is 4.79 Å². The second-order valence-corrected chi connectivity index (χ2v) is 1.40. The molecule has 1 fully saturated rings. The molecule has 8 heavy (non-hydrogen) atoms. The van der Waals surface area contributed by atoms with E-state index in [-0.39, 0.29) is 51.4 Å². The number of aliphatic carboxylic acids is 1. The molecule has 1 unspecified atom stereocenters. The summed E-state index contributed by atoms with van der Waals surface area (Å²) in [6, 6.07) is -0.472. The summed E-state index contributed by atoms with van der Waals surface area (Å²) in [5, 5.41) is 9.77. The fourth-order valence-electron chi connectivity index (χ4n) is 0.346. The van der Waals surface area contributed by atoms with E-state index in [4.69, 9.17) is 0 Å². The van der Waals surface area contributed by atoms with Gasteiger partial charge in [0.25, 0.3) is 0 Å². The molecule has 1 aliphatic rings. The van der Waals surface area contributed by atoms with Gasteiger partial charge in [0.05, 0.1) is 12.0 Å². The van der Waals surface area contributed by atoms with Crippen molar-refractivity contribution in [1.82, 2.24) is 10.9 Å². The Morgan fingerprint density at radius 3 is 2.25 bits per heavy atom.